The number of hydrogen-bond donors (Lipinski definition) is 0. The Balaban J connectivity index is 2.43. The zero-order valence-electron chi connectivity index (χ0n) is 12.3. The molecule has 2 rings (SSSR count). The number of fused-ring (bicyclic) bond motifs is 1. The average molecular weight is 261 g/mol. The van der Waals surface area contributed by atoms with Crippen LogP contribution in [0.2, 0.25) is 0 Å². The van der Waals surface area contributed by atoms with E-state index in [0.717, 1.165) is 6.42 Å². The molecule has 1 aromatic heterocycles. The fourth-order valence-electron chi connectivity index (χ4n) is 2.25. The van der Waals surface area contributed by atoms with E-state index in [9.17, 15) is 0 Å². The molecule has 0 aliphatic carbocycles. The Labute approximate surface area is 114 Å². The van der Waals surface area contributed by atoms with Gasteiger partial charge in [0.15, 0.2) is 0 Å². The lowest BCUT2D eigenvalue weighted by Crippen LogP contribution is -2.11. The Kier molecular flexibility index (Phi) is 3.26. The molecule has 0 saturated heterocycles. The molecule has 2 aromatic rings. The van der Waals surface area contributed by atoms with E-state index in [1.54, 1.807) is 11.5 Å². The second kappa shape index (κ2) is 4.34. The molecule has 0 aliphatic rings. The number of hydrogen-bond acceptors (Lipinski definition) is 2. The Morgan fingerprint density at radius 2 is 1.72 bits per heavy atom. The van der Waals surface area contributed by atoms with Gasteiger partial charge in [0.05, 0.1) is 10.4 Å². The number of nitrogens with zero attached hydrogens (tertiary/aromatic N) is 1. The first-order valence-electron chi connectivity index (χ1n) is 6.56. The summed E-state index contributed by atoms with van der Waals surface area (Å²) in [5, 5.41) is 1.32. The summed E-state index contributed by atoms with van der Waals surface area (Å²) >= 11 is 1.63. The summed E-state index contributed by atoms with van der Waals surface area (Å²) in [4.78, 5) is 0. The lowest BCUT2D eigenvalue weighted by atomic mass is 9.87. The van der Waals surface area contributed by atoms with Gasteiger partial charge in [-0.05, 0) is 35.0 Å². The molecule has 0 bridgehead atoms. The molecule has 1 heterocycles. The lowest BCUT2D eigenvalue weighted by molar-refractivity contribution is 0.411. The summed E-state index contributed by atoms with van der Waals surface area (Å²) < 4.78 is 5.97. The molecule has 0 N–H and O–H groups in total. The first-order chi connectivity index (χ1) is 8.17. The topological polar surface area (TPSA) is 12.9 Å². The third-order valence-electron chi connectivity index (χ3n) is 2.98. The third-order valence-corrected chi connectivity index (χ3v) is 3.79. The quantitative estimate of drug-likeness (QED) is 0.689. The normalized spacial score (nSPS) is 13.2. The summed E-state index contributed by atoms with van der Waals surface area (Å²) in [5.74, 6) is 0. The Hall–Kier alpha value is -0.890. The maximum atomic E-state index is 4.65. The molecular weight excluding hydrogens is 238 g/mol. The number of benzene rings is 1. The van der Waals surface area contributed by atoms with Gasteiger partial charge in [-0.2, -0.15) is 4.37 Å². The van der Waals surface area contributed by atoms with Gasteiger partial charge in [-0.15, -0.1) is 0 Å². The van der Waals surface area contributed by atoms with E-state index in [4.69, 9.17) is 0 Å². The van der Waals surface area contributed by atoms with E-state index in [1.165, 1.54) is 21.3 Å². The molecule has 2 heteroatoms. The molecule has 0 amide bonds. The van der Waals surface area contributed by atoms with Gasteiger partial charge in [0.2, 0.25) is 0 Å². The summed E-state index contributed by atoms with van der Waals surface area (Å²) in [6, 6.07) is 6.82. The van der Waals surface area contributed by atoms with Crippen LogP contribution in [-0.2, 0) is 11.8 Å². The van der Waals surface area contributed by atoms with Gasteiger partial charge < -0.3 is 0 Å². The first kappa shape index (κ1) is 13.5. The molecule has 0 aliphatic heterocycles. The molecule has 0 saturated carbocycles. The van der Waals surface area contributed by atoms with Gasteiger partial charge >= 0.3 is 0 Å². The number of rotatable bonds is 1. The van der Waals surface area contributed by atoms with Crippen molar-refractivity contribution in [2.24, 2.45) is 5.41 Å². The highest BCUT2D eigenvalue weighted by atomic mass is 32.1. The van der Waals surface area contributed by atoms with Crippen molar-refractivity contribution in [2.45, 2.75) is 53.4 Å². The van der Waals surface area contributed by atoms with Crippen LogP contribution in [0.5, 0.6) is 0 Å². The van der Waals surface area contributed by atoms with E-state index >= 15 is 0 Å². The zero-order valence-corrected chi connectivity index (χ0v) is 13.1. The van der Waals surface area contributed by atoms with Gasteiger partial charge in [0.1, 0.15) is 0 Å². The minimum atomic E-state index is 0.129. The van der Waals surface area contributed by atoms with Crippen LogP contribution in [0.15, 0.2) is 18.2 Å². The average Bonchev–Trinajstić information content (AvgIpc) is 2.56. The van der Waals surface area contributed by atoms with E-state index < -0.39 is 0 Å². The first-order valence-corrected chi connectivity index (χ1v) is 7.33. The van der Waals surface area contributed by atoms with Crippen LogP contribution in [-0.4, -0.2) is 4.37 Å². The smallest absolute Gasteiger partial charge is 0.0674 e. The van der Waals surface area contributed by atoms with Gasteiger partial charge in [-0.3, -0.25) is 0 Å². The van der Waals surface area contributed by atoms with E-state index in [1.807, 2.05) is 0 Å². The summed E-state index contributed by atoms with van der Waals surface area (Å²) in [6.45, 7) is 13.5. The number of aromatic nitrogens is 1. The lowest BCUT2D eigenvalue weighted by Gasteiger charge is -2.18. The van der Waals surface area contributed by atoms with Crippen molar-refractivity contribution in [3.8, 4) is 0 Å². The fraction of sp³-hybridized carbons (Fsp3) is 0.562. The standard InChI is InChI=1S/C16H23NS/c1-15(2,3)10-11-7-8-12-13(9-11)18-17-14(12)16(4,5)6/h7-9H,10H2,1-6H3. The summed E-state index contributed by atoms with van der Waals surface area (Å²) in [7, 11) is 0. The van der Waals surface area contributed by atoms with Gasteiger partial charge in [0.25, 0.3) is 0 Å². The highest BCUT2D eigenvalue weighted by Crippen LogP contribution is 2.33. The minimum absolute atomic E-state index is 0.129. The predicted molar refractivity (Wildman–Crippen MR) is 81.5 cm³/mol. The second-order valence-electron chi connectivity index (χ2n) is 7.35. The molecule has 0 atom stereocenters. The largest absolute Gasteiger partial charge is 0.196 e. The Bertz CT molecular complexity index is 552. The molecule has 0 spiro atoms. The van der Waals surface area contributed by atoms with Crippen molar-refractivity contribution < 1.29 is 0 Å². The Morgan fingerprint density at radius 3 is 2.28 bits per heavy atom. The van der Waals surface area contributed by atoms with Crippen molar-refractivity contribution in [3.05, 3.63) is 29.5 Å². The SMILES string of the molecule is CC(C)(C)Cc1ccc2c(C(C)(C)C)nsc2c1. The third kappa shape index (κ3) is 2.92. The van der Waals surface area contributed by atoms with E-state index in [2.05, 4.69) is 64.1 Å². The minimum Gasteiger partial charge on any atom is -0.196 e. The molecule has 0 unspecified atom stereocenters. The van der Waals surface area contributed by atoms with Crippen molar-refractivity contribution in [1.29, 1.82) is 0 Å². The maximum absolute atomic E-state index is 4.65. The summed E-state index contributed by atoms with van der Waals surface area (Å²) in [6.07, 6.45) is 1.12. The molecular formula is C16H23NS. The van der Waals surface area contributed by atoms with Gasteiger partial charge in [0, 0.05) is 10.8 Å². The fourth-order valence-corrected chi connectivity index (χ4v) is 3.27. The van der Waals surface area contributed by atoms with Crippen LogP contribution in [0.1, 0.15) is 52.8 Å². The van der Waals surface area contributed by atoms with Crippen molar-refractivity contribution in [1.82, 2.24) is 4.37 Å². The van der Waals surface area contributed by atoms with Crippen LogP contribution in [0.25, 0.3) is 10.1 Å². The van der Waals surface area contributed by atoms with Crippen LogP contribution >= 0.6 is 11.5 Å². The van der Waals surface area contributed by atoms with Gasteiger partial charge in [-0.1, -0.05) is 53.7 Å². The molecule has 1 aromatic carbocycles. The monoisotopic (exact) mass is 261 g/mol. The molecule has 18 heavy (non-hydrogen) atoms. The highest BCUT2D eigenvalue weighted by molar-refractivity contribution is 7.13. The van der Waals surface area contributed by atoms with Gasteiger partial charge in [-0.25, -0.2) is 0 Å². The molecule has 98 valence electrons. The maximum Gasteiger partial charge on any atom is 0.0674 e. The molecule has 0 radical (unpaired) electrons. The predicted octanol–water partition coefficient (Wildman–Crippen LogP) is 5.18. The van der Waals surface area contributed by atoms with Crippen LogP contribution in [0.4, 0.5) is 0 Å². The van der Waals surface area contributed by atoms with Crippen LogP contribution in [0, 0.1) is 5.41 Å². The van der Waals surface area contributed by atoms with Crippen molar-refractivity contribution >= 4 is 21.6 Å². The Morgan fingerprint density at radius 1 is 1.06 bits per heavy atom. The highest BCUT2D eigenvalue weighted by Gasteiger charge is 2.20. The molecule has 1 nitrogen and oxygen atoms in total. The zero-order chi connectivity index (χ0) is 13.6. The van der Waals surface area contributed by atoms with Crippen LogP contribution in [0.3, 0.4) is 0 Å². The van der Waals surface area contributed by atoms with Crippen LogP contribution < -0.4 is 0 Å². The molecule has 0 fully saturated rings. The second-order valence-corrected chi connectivity index (χ2v) is 8.15. The van der Waals surface area contributed by atoms with Crippen molar-refractivity contribution in [2.75, 3.05) is 0 Å². The summed E-state index contributed by atoms with van der Waals surface area (Å²) in [5.41, 5.74) is 3.11. The van der Waals surface area contributed by atoms with E-state index in [-0.39, 0.29) is 5.41 Å². The van der Waals surface area contributed by atoms with E-state index in [0.29, 0.717) is 5.41 Å². The van der Waals surface area contributed by atoms with Crippen molar-refractivity contribution in [3.63, 3.8) is 0 Å².